The summed E-state index contributed by atoms with van der Waals surface area (Å²) in [7, 11) is 0. The molecule has 1 saturated carbocycles. The van der Waals surface area contributed by atoms with E-state index in [0.717, 1.165) is 75.0 Å². The van der Waals surface area contributed by atoms with Crippen LogP contribution in [0.3, 0.4) is 0 Å². The predicted octanol–water partition coefficient (Wildman–Crippen LogP) is 6.06. The van der Waals surface area contributed by atoms with Gasteiger partial charge in [-0.25, -0.2) is 4.39 Å². The van der Waals surface area contributed by atoms with Gasteiger partial charge in [0.05, 0.1) is 13.2 Å². The van der Waals surface area contributed by atoms with E-state index >= 15 is 0 Å². The molecule has 5 nitrogen and oxygen atoms in total. The van der Waals surface area contributed by atoms with Crippen LogP contribution >= 0.6 is 0 Å². The molecule has 5 rings (SSSR count). The standard InChI is InChI=1S/C31H39FN2O3.C2H6/c1-2-24-17-18-34(21-29(24)36-22-23-13-15-27(32)16-14-23)20-28-19-30(33-37-28)31(35,25-9-5-3-6-10-25)26-11-7-4-8-12-26;1-2/h3,5-6,9-10,13-16,19,24,26,29,35H,2,4,7-8,11-12,17-18,20-22H2,1H3;1-2H3/p+1. The zero-order chi connectivity index (χ0) is 27.7. The van der Waals surface area contributed by atoms with Crippen molar-refractivity contribution in [2.24, 2.45) is 11.8 Å². The second-order valence-corrected chi connectivity index (χ2v) is 11.0. The second-order valence-electron chi connectivity index (χ2n) is 11.0. The fourth-order valence-electron chi connectivity index (χ4n) is 6.36. The number of rotatable bonds is 9. The molecule has 0 bridgehead atoms. The van der Waals surface area contributed by atoms with Crippen LogP contribution in [0, 0.1) is 17.7 Å². The summed E-state index contributed by atoms with van der Waals surface area (Å²) in [6.07, 6.45) is 7.82. The first-order valence-electron chi connectivity index (χ1n) is 15.0. The average molecular weight is 538 g/mol. The number of quaternary nitrogens is 1. The highest BCUT2D eigenvalue weighted by atomic mass is 19.1. The molecular weight excluding hydrogens is 491 g/mol. The molecular formula is C33H46FN2O3+. The van der Waals surface area contributed by atoms with Crippen molar-refractivity contribution in [3.8, 4) is 0 Å². The zero-order valence-corrected chi connectivity index (χ0v) is 23.9. The van der Waals surface area contributed by atoms with E-state index in [9.17, 15) is 9.50 Å². The SMILES string of the molecule is CC.CCC1CC[NH+](Cc2cc(C(O)(c3ccccc3)C3CCCCC3)no2)CC1OCc1ccc(F)cc1. The van der Waals surface area contributed by atoms with Crippen molar-refractivity contribution in [3.63, 3.8) is 0 Å². The summed E-state index contributed by atoms with van der Waals surface area (Å²) in [5.74, 6) is 1.24. The number of piperidine rings is 1. The number of benzene rings is 2. The third-order valence-electron chi connectivity index (χ3n) is 8.57. The smallest absolute Gasteiger partial charge is 0.191 e. The van der Waals surface area contributed by atoms with E-state index in [0.29, 0.717) is 18.2 Å². The maximum atomic E-state index is 13.3. The van der Waals surface area contributed by atoms with Gasteiger partial charge in [0.25, 0.3) is 0 Å². The van der Waals surface area contributed by atoms with E-state index < -0.39 is 5.60 Å². The number of aliphatic hydroxyl groups is 1. The van der Waals surface area contributed by atoms with Crippen LogP contribution in [0.1, 0.15) is 88.3 Å². The molecule has 4 unspecified atom stereocenters. The molecule has 2 aromatic carbocycles. The van der Waals surface area contributed by atoms with Gasteiger partial charge in [-0.15, -0.1) is 0 Å². The van der Waals surface area contributed by atoms with Crippen molar-refractivity contribution in [1.29, 1.82) is 0 Å². The van der Waals surface area contributed by atoms with E-state index in [1.165, 1.54) is 23.5 Å². The lowest BCUT2D eigenvalue weighted by molar-refractivity contribution is -0.924. The normalized spacial score (nSPS) is 23.5. The van der Waals surface area contributed by atoms with E-state index in [1.807, 2.05) is 50.2 Å². The molecule has 1 aliphatic carbocycles. The largest absolute Gasteiger partial charge is 0.378 e. The van der Waals surface area contributed by atoms with Crippen molar-refractivity contribution in [1.82, 2.24) is 5.16 Å². The fourth-order valence-corrected chi connectivity index (χ4v) is 6.36. The van der Waals surface area contributed by atoms with Gasteiger partial charge in [-0.1, -0.05) is 94.1 Å². The third-order valence-corrected chi connectivity index (χ3v) is 8.57. The summed E-state index contributed by atoms with van der Waals surface area (Å²) >= 11 is 0. The summed E-state index contributed by atoms with van der Waals surface area (Å²) in [4.78, 5) is 1.40. The van der Waals surface area contributed by atoms with E-state index in [1.54, 1.807) is 12.1 Å². The first-order valence-corrected chi connectivity index (χ1v) is 15.0. The van der Waals surface area contributed by atoms with Crippen LogP contribution in [0.5, 0.6) is 0 Å². The van der Waals surface area contributed by atoms with Crippen LogP contribution < -0.4 is 4.90 Å². The molecule has 0 spiro atoms. The Morgan fingerprint density at radius 2 is 1.74 bits per heavy atom. The Morgan fingerprint density at radius 1 is 1.03 bits per heavy atom. The summed E-state index contributed by atoms with van der Waals surface area (Å²) in [6, 6.07) is 18.5. The average Bonchev–Trinajstić information content (AvgIpc) is 3.47. The molecule has 2 fully saturated rings. The van der Waals surface area contributed by atoms with Gasteiger partial charge < -0.3 is 19.3 Å². The summed E-state index contributed by atoms with van der Waals surface area (Å²) < 4.78 is 25.5. The van der Waals surface area contributed by atoms with E-state index in [-0.39, 0.29) is 17.8 Å². The third kappa shape index (κ3) is 7.16. The molecule has 1 saturated heterocycles. The van der Waals surface area contributed by atoms with Crippen LogP contribution in [0.4, 0.5) is 4.39 Å². The number of nitrogens with zero attached hydrogens (tertiary/aromatic N) is 1. The van der Waals surface area contributed by atoms with Crippen LogP contribution in [-0.2, 0) is 23.5 Å². The number of hydrogen-bond donors (Lipinski definition) is 2. The number of aromatic nitrogens is 1. The Labute approximate surface area is 233 Å². The molecule has 0 radical (unpaired) electrons. The van der Waals surface area contributed by atoms with Crippen LogP contribution in [0.2, 0.25) is 0 Å². The van der Waals surface area contributed by atoms with Crippen molar-refractivity contribution in [2.75, 3.05) is 13.1 Å². The summed E-state index contributed by atoms with van der Waals surface area (Å²) in [5, 5.41) is 16.6. The van der Waals surface area contributed by atoms with Crippen molar-refractivity contribution < 1.29 is 23.7 Å². The molecule has 0 amide bonds. The number of ether oxygens (including phenoxy) is 1. The molecule has 6 heteroatoms. The molecule has 1 aliphatic heterocycles. The summed E-state index contributed by atoms with van der Waals surface area (Å²) in [6.45, 7) is 9.38. The Balaban J connectivity index is 0.00000172. The molecule has 2 heterocycles. The monoisotopic (exact) mass is 537 g/mol. The van der Waals surface area contributed by atoms with Gasteiger partial charge in [0.15, 0.2) is 5.76 Å². The molecule has 212 valence electrons. The van der Waals surface area contributed by atoms with Gasteiger partial charge in [0.2, 0.25) is 0 Å². The maximum Gasteiger partial charge on any atom is 0.191 e. The molecule has 39 heavy (non-hydrogen) atoms. The molecule has 3 aromatic rings. The van der Waals surface area contributed by atoms with Gasteiger partial charge >= 0.3 is 0 Å². The number of hydrogen-bond acceptors (Lipinski definition) is 4. The van der Waals surface area contributed by atoms with Gasteiger partial charge in [-0.3, -0.25) is 0 Å². The lowest BCUT2D eigenvalue weighted by Gasteiger charge is -2.37. The van der Waals surface area contributed by atoms with Crippen LogP contribution in [-0.4, -0.2) is 29.5 Å². The van der Waals surface area contributed by atoms with E-state index in [2.05, 4.69) is 12.1 Å². The quantitative estimate of drug-likeness (QED) is 0.349. The zero-order valence-electron chi connectivity index (χ0n) is 23.9. The first kappa shape index (κ1) is 29.4. The Morgan fingerprint density at radius 3 is 2.44 bits per heavy atom. The van der Waals surface area contributed by atoms with Crippen molar-refractivity contribution in [3.05, 3.63) is 89.1 Å². The lowest BCUT2D eigenvalue weighted by atomic mass is 9.71. The van der Waals surface area contributed by atoms with Crippen molar-refractivity contribution >= 4 is 0 Å². The highest BCUT2D eigenvalue weighted by Gasteiger charge is 2.43. The molecule has 4 atom stereocenters. The number of halogens is 1. The van der Waals surface area contributed by atoms with Crippen LogP contribution in [0.15, 0.2) is 65.2 Å². The maximum absolute atomic E-state index is 13.3. The Hall–Kier alpha value is -2.54. The van der Waals surface area contributed by atoms with E-state index in [4.69, 9.17) is 9.26 Å². The Bertz CT molecular complexity index is 1110. The highest BCUT2D eigenvalue weighted by molar-refractivity contribution is 5.33. The Kier molecular flexibility index (Phi) is 10.7. The van der Waals surface area contributed by atoms with Gasteiger partial charge in [0.1, 0.15) is 36.3 Å². The minimum Gasteiger partial charge on any atom is -0.378 e. The van der Waals surface area contributed by atoms with Gasteiger partial charge in [-0.2, -0.15) is 0 Å². The summed E-state index contributed by atoms with van der Waals surface area (Å²) in [5.41, 5.74) is 1.39. The molecule has 2 N–H and O–H groups in total. The van der Waals surface area contributed by atoms with Crippen LogP contribution in [0.25, 0.3) is 0 Å². The fraction of sp³-hybridized carbons (Fsp3) is 0.545. The first-order chi connectivity index (χ1) is 19.1. The minimum atomic E-state index is -1.13. The predicted molar refractivity (Wildman–Crippen MR) is 152 cm³/mol. The van der Waals surface area contributed by atoms with Gasteiger partial charge in [0, 0.05) is 12.5 Å². The molecule has 1 aromatic heterocycles. The lowest BCUT2D eigenvalue weighted by Crippen LogP contribution is -3.13. The van der Waals surface area contributed by atoms with Crippen molar-refractivity contribution in [2.45, 2.75) is 90.6 Å². The van der Waals surface area contributed by atoms with Gasteiger partial charge in [-0.05, 0) is 47.9 Å². The number of nitrogens with one attached hydrogen (secondary N) is 1. The topological polar surface area (TPSA) is 59.9 Å². The highest BCUT2D eigenvalue weighted by Crippen LogP contribution is 2.43. The minimum absolute atomic E-state index is 0.137. The molecule has 2 aliphatic rings. The second kappa shape index (κ2) is 14.2. The number of likely N-dealkylation sites (tertiary alicyclic amines) is 1.